The lowest BCUT2D eigenvalue weighted by Crippen LogP contribution is -2.51. The van der Waals surface area contributed by atoms with Gasteiger partial charge in [0.1, 0.15) is 12.1 Å². The first-order chi connectivity index (χ1) is 21.5. The van der Waals surface area contributed by atoms with Gasteiger partial charge in [-0.25, -0.2) is 13.2 Å². The first-order valence-corrected chi connectivity index (χ1v) is 16.2. The van der Waals surface area contributed by atoms with E-state index in [4.69, 9.17) is 11.1 Å². The lowest BCUT2D eigenvalue weighted by molar-refractivity contribution is -0.142. The van der Waals surface area contributed by atoms with E-state index in [1.54, 1.807) is 36.4 Å². The smallest absolute Gasteiger partial charge is 0.326 e. The zero-order chi connectivity index (χ0) is 32.4. The fourth-order valence-electron chi connectivity index (χ4n) is 5.16. The van der Waals surface area contributed by atoms with Crippen LogP contribution in [0, 0.1) is 5.41 Å². The Morgan fingerprint density at radius 3 is 2.27 bits per heavy atom. The quantitative estimate of drug-likeness (QED) is 0.0885. The third kappa shape index (κ3) is 9.13. The molecule has 2 amide bonds. The zero-order valence-corrected chi connectivity index (χ0v) is 25.6. The van der Waals surface area contributed by atoms with E-state index in [0.29, 0.717) is 43.5 Å². The molecule has 0 saturated carbocycles. The highest BCUT2D eigenvalue weighted by Gasteiger charge is 2.40. The molecule has 1 fully saturated rings. The molecule has 3 aromatic carbocycles. The summed E-state index contributed by atoms with van der Waals surface area (Å²) in [7, 11) is -4.00. The van der Waals surface area contributed by atoms with Crippen LogP contribution in [-0.4, -0.2) is 66.7 Å². The number of amides is 2. The maximum Gasteiger partial charge on any atom is 0.326 e. The molecule has 7 N–H and O–H groups in total. The van der Waals surface area contributed by atoms with Gasteiger partial charge in [-0.2, -0.15) is 4.31 Å². The van der Waals surface area contributed by atoms with Gasteiger partial charge in [-0.05, 0) is 66.6 Å². The second-order valence-electron chi connectivity index (χ2n) is 10.8. The molecule has 0 aliphatic carbocycles. The summed E-state index contributed by atoms with van der Waals surface area (Å²) >= 11 is 0. The third-order valence-electron chi connectivity index (χ3n) is 7.51. The van der Waals surface area contributed by atoms with Crippen LogP contribution in [0.3, 0.4) is 0 Å². The van der Waals surface area contributed by atoms with E-state index in [9.17, 15) is 27.9 Å². The number of rotatable bonds is 14. The number of carbonyl (C=O) groups excluding carboxylic acids is 2. The number of nitrogens with zero attached hydrogens (tertiary/aromatic N) is 1. The van der Waals surface area contributed by atoms with Crippen molar-refractivity contribution in [3.8, 4) is 11.1 Å². The Morgan fingerprint density at radius 1 is 0.956 bits per heavy atom. The Labute approximate surface area is 262 Å². The SMILES string of the molecule is N=C(N)NCCCCC(=O)Nc1ccc(C[C@H](NC(=O)[C@@H]2CCCN2S(=O)(=O)c2ccc(-c3ccccc3)cc2)C(=O)O)cc1. The van der Waals surface area contributed by atoms with Crippen LogP contribution < -0.4 is 21.7 Å². The summed E-state index contributed by atoms with van der Waals surface area (Å²) in [5.41, 5.74) is 8.20. The third-order valence-corrected chi connectivity index (χ3v) is 9.43. The topological polar surface area (TPSA) is 195 Å². The van der Waals surface area contributed by atoms with Crippen molar-refractivity contribution in [3.63, 3.8) is 0 Å². The van der Waals surface area contributed by atoms with E-state index in [0.717, 1.165) is 15.4 Å². The molecule has 4 rings (SSSR count). The average Bonchev–Trinajstić information content (AvgIpc) is 3.53. The van der Waals surface area contributed by atoms with Gasteiger partial charge in [-0.15, -0.1) is 0 Å². The van der Waals surface area contributed by atoms with E-state index in [1.807, 2.05) is 30.3 Å². The number of anilines is 1. The Kier molecular flexibility index (Phi) is 11.3. The Bertz CT molecular complexity index is 1600. The fraction of sp³-hybridized carbons (Fsp3) is 0.312. The summed E-state index contributed by atoms with van der Waals surface area (Å²) < 4.78 is 28.2. The number of aliphatic carboxylic acids is 1. The van der Waals surface area contributed by atoms with Crippen LogP contribution in [0.15, 0.2) is 83.8 Å². The van der Waals surface area contributed by atoms with Gasteiger partial charge in [0, 0.05) is 31.6 Å². The van der Waals surface area contributed by atoms with Crippen LogP contribution >= 0.6 is 0 Å². The number of carboxylic acids is 1. The van der Waals surface area contributed by atoms with E-state index >= 15 is 0 Å². The Morgan fingerprint density at radius 2 is 1.62 bits per heavy atom. The second kappa shape index (κ2) is 15.3. The van der Waals surface area contributed by atoms with Crippen molar-refractivity contribution >= 4 is 39.5 Å². The lowest BCUT2D eigenvalue weighted by atomic mass is 10.0. The number of guanidine groups is 1. The largest absolute Gasteiger partial charge is 0.480 e. The van der Waals surface area contributed by atoms with Gasteiger partial charge in [0.2, 0.25) is 21.8 Å². The Balaban J connectivity index is 1.34. The van der Waals surface area contributed by atoms with Gasteiger partial charge in [0.15, 0.2) is 5.96 Å². The molecule has 0 aromatic heterocycles. The molecule has 1 aliphatic rings. The minimum absolute atomic E-state index is 0.0289. The normalized spacial score (nSPS) is 15.6. The van der Waals surface area contributed by atoms with Crippen LogP contribution in [0.25, 0.3) is 11.1 Å². The van der Waals surface area contributed by atoms with Crippen molar-refractivity contribution < 1.29 is 27.9 Å². The number of nitrogens with two attached hydrogens (primary N) is 1. The molecule has 1 saturated heterocycles. The molecular weight excluding hydrogens is 596 g/mol. The minimum Gasteiger partial charge on any atom is -0.480 e. The van der Waals surface area contributed by atoms with E-state index in [1.165, 1.54) is 12.1 Å². The maximum atomic E-state index is 13.5. The summed E-state index contributed by atoms with van der Waals surface area (Å²) in [5, 5.41) is 25.0. The van der Waals surface area contributed by atoms with Crippen LogP contribution in [0.4, 0.5) is 5.69 Å². The van der Waals surface area contributed by atoms with Crippen molar-refractivity contribution in [1.29, 1.82) is 5.41 Å². The summed E-state index contributed by atoms with van der Waals surface area (Å²) in [6, 6.07) is 20.4. The van der Waals surface area contributed by atoms with Crippen LogP contribution in [0.1, 0.15) is 37.7 Å². The van der Waals surface area contributed by atoms with E-state index in [2.05, 4.69) is 16.0 Å². The van der Waals surface area contributed by atoms with Crippen molar-refractivity contribution in [1.82, 2.24) is 14.9 Å². The van der Waals surface area contributed by atoms with Gasteiger partial charge in [-0.3, -0.25) is 15.0 Å². The molecule has 3 aromatic rings. The molecule has 0 unspecified atom stereocenters. The van der Waals surface area contributed by atoms with E-state index in [-0.39, 0.29) is 36.1 Å². The number of hydrogen-bond donors (Lipinski definition) is 6. The Hall–Kier alpha value is -4.75. The number of carboxylic acid groups (broad SMARTS) is 1. The predicted octanol–water partition coefficient (Wildman–Crippen LogP) is 2.91. The fourth-order valence-corrected chi connectivity index (χ4v) is 6.82. The van der Waals surface area contributed by atoms with Crippen molar-refractivity contribution in [2.75, 3.05) is 18.4 Å². The molecule has 1 heterocycles. The summed E-state index contributed by atoms with van der Waals surface area (Å²) in [4.78, 5) is 37.6. The van der Waals surface area contributed by atoms with Gasteiger partial charge in [-0.1, -0.05) is 54.6 Å². The molecule has 13 heteroatoms. The van der Waals surface area contributed by atoms with Gasteiger partial charge < -0.3 is 26.8 Å². The zero-order valence-electron chi connectivity index (χ0n) is 24.7. The molecule has 1 aliphatic heterocycles. The number of hydrogen-bond acceptors (Lipinski definition) is 6. The summed E-state index contributed by atoms with van der Waals surface area (Å²) in [6.07, 6.45) is 2.31. The monoisotopic (exact) mass is 634 g/mol. The highest BCUT2D eigenvalue weighted by atomic mass is 32.2. The van der Waals surface area contributed by atoms with Gasteiger partial charge in [0.25, 0.3) is 0 Å². The molecule has 0 bridgehead atoms. The number of carbonyl (C=O) groups is 3. The van der Waals surface area contributed by atoms with Crippen molar-refractivity contribution in [2.45, 2.75) is 55.5 Å². The minimum atomic E-state index is -4.00. The van der Waals surface area contributed by atoms with Crippen LogP contribution in [0.2, 0.25) is 0 Å². The van der Waals surface area contributed by atoms with Gasteiger partial charge >= 0.3 is 5.97 Å². The van der Waals surface area contributed by atoms with Crippen molar-refractivity contribution in [3.05, 3.63) is 84.4 Å². The number of nitrogens with one attached hydrogen (secondary N) is 4. The number of unbranched alkanes of at least 4 members (excludes halogenated alkanes) is 1. The molecule has 45 heavy (non-hydrogen) atoms. The molecule has 0 radical (unpaired) electrons. The standard InChI is InChI=1S/C32H38N6O6S/c33-32(34)35-19-5-4-10-29(39)36-25-15-11-22(12-16-25)21-27(31(41)42)37-30(40)28-9-6-20-38(28)45(43,44)26-17-13-24(14-18-26)23-7-2-1-3-8-23/h1-3,7-8,11-18,27-28H,4-6,9-10,19-21H2,(H,36,39)(H,37,40)(H,41,42)(H4,33,34,35)/t27-,28-/m0/s1. The lowest BCUT2D eigenvalue weighted by Gasteiger charge is -2.25. The number of benzene rings is 3. The number of sulfonamides is 1. The molecular formula is C32H38N6O6S. The first kappa shape index (κ1) is 33.1. The molecule has 0 spiro atoms. The van der Waals surface area contributed by atoms with E-state index < -0.39 is 34.0 Å². The summed E-state index contributed by atoms with van der Waals surface area (Å²) in [6.45, 7) is 0.664. The maximum absolute atomic E-state index is 13.5. The highest BCUT2D eigenvalue weighted by molar-refractivity contribution is 7.89. The predicted molar refractivity (Wildman–Crippen MR) is 171 cm³/mol. The molecule has 12 nitrogen and oxygen atoms in total. The summed E-state index contributed by atoms with van der Waals surface area (Å²) in [5.74, 6) is -2.20. The second-order valence-corrected chi connectivity index (χ2v) is 12.7. The van der Waals surface area contributed by atoms with Gasteiger partial charge in [0.05, 0.1) is 4.90 Å². The molecule has 238 valence electrons. The van der Waals surface area contributed by atoms with Crippen molar-refractivity contribution in [2.24, 2.45) is 5.73 Å². The highest BCUT2D eigenvalue weighted by Crippen LogP contribution is 2.28. The van der Waals surface area contributed by atoms with Crippen LogP contribution in [-0.2, 0) is 30.8 Å². The average molecular weight is 635 g/mol. The first-order valence-electron chi connectivity index (χ1n) is 14.7. The van der Waals surface area contributed by atoms with Crippen LogP contribution in [0.5, 0.6) is 0 Å². The molecule has 2 atom stereocenters.